The number of hydrogen-bond acceptors (Lipinski definition) is 5. The Morgan fingerprint density at radius 3 is 2.59 bits per heavy atom. The van der Waals surface area contributed by atoms with Gasteiger partial charge in [-0.2, -0.15) is 4.99 Å². The number of benzene rings is 1. The number of aliphatic carboxylic acids is 1. The van der Waals surface area contributed by atoms with E-state index in [0.717, 1.165) is 5.56 Å². The summed E-state index contributed by atoms with van der Waals surface area (Å²) >= 11 is 1.27. The summed E-state index contributed by atoms with van der Waals surface area (Å²) in [4.78, 5) is 28.5. The molecule has 2 aliphatic rings. The summed E-state index contributed by atoms with van der Waals surface area (Å²) in [5.41, 5.74) is 0.785. The molecule has 2 atom stereocenters. The van der Waals surface area contributed by atoms with Gasteiger partial charge in [-0.05, 0) is 24.1 Å². The van der Waals surface area contributed by atoms with E-state index in [2.05, 4.69) is 4.99 Å². The minimum atomic E-state index is -3.14. The van der Waals surface area contributed by atoms with E-state index in [1.54, 1.807) is 17.0 Å². The Kier molecular flexibility index (Phi) is 5.85. The number of carboxylic acids is 1. The number of amidine groups is 1. The monoisotopic (exact) mass is 414 g/mol. The summed E-state index contributed by atoms with van der Waals surface area (Å²) in [6, 6.07) is 5.60. The molecule has 0 bridgehead atoms. The summed E-state index contributed by atoms with van der Waals surface area (Å²) in [5, 5.41) is 8.91. The van der Waals surface area contributed by atoms with Crippen molar-refractivity contribution in [2.75, 3.05) is 11.5 Å². The summed E-state index contributed by atoms with van der Waals surface area (Å²) in [7, 11) is -3.14. The van der Waals surface area contributed by atoms with Crippen LogP contribution in [0.3, 0.4) is 0 Å². The summed E-state index contributed by atoms with van der Waals surface area (Å²) in [5.74, 6) is -1.72. The van der Waals surface area contributed by atoms with E-state index < -0.39 is 21.7 Å². The second kappa shape index (κ2) is 7.97. The van der Waals surface area contributed by atoms with Gasteiger partial charge in [0.25, 0.3) is 0 Å². The maximum atomic E-state index is 13.1. The molecule has 0 radical (unpaired) electrons. The maximum Gasteiger partial charge on any atom is 0.303 e. The first-order valence-electron chi connectivity index (χ1n) is 8.45. The lowest BCUT2D eigenvalue weighted by atomic mass is 10.1. The highest BCUT2D eigenvalue weighted by atomic mass is 32.2. The molecule has 0 saturated carbocycles. The van der Waals surface area contributed by atoms with Crippen LogP contribution in [0.4, 0.5) is 4.39 Å². The fourth-order valence-corrected chi connectivity index (χ4v) is 7.13. The number of carboxylic acid groups (broad SMARTS) is 1. The van der Waals surface area contributed by atoms with Crippen molar-refractivity contribution in [3.8, 4) is 0 Å². The van der Waals surface area contributed by atoms with Gasteiger partial charge in [-0.3, -0.25) is 9.59 Å². The zero-order valence-corrected chi connectivity index (χ0v) is 16.0. The zero-order chi connectivity index (χ0) is 19.6. The first-order chi connectivity index (χ1) is 12.7. The van der Waals surface area contributed by atoms with Gasteiger partial charge in [-0.25, -0.2) is 12.8 Å². The lowest BCUT2D eigenvalue weighted by Gasteiger charge is -2.24. The second-order valence-electron chi connectivity index (χ2n) is 6.59. The molecular weight excluding hydrogens is 395 g/mol. The smallest absolute Gasteiger partial charge is 0.303 e. The Morgan fingerprint density at radius 1 is 1.22 bits per heavy atom. The average molecular weight is 414 g/mol. The van der Waals surface area contributed by atoms with Gasteiger partial charge < -0.3 is 10.0 Å². The van der Waals surface area contributed by atoms with Gasteiger partial charge in [0.1, 0.15) is 5.82 Å². The fraction of sp³-hybridized carbons (Fsp3) is 0.471. The Balaban J connectivity index is 1.77. The molecule has 2 aliphatic heterocycles. The van der Waals surface area contributed by atoms with E-state index in [4.69, 9.17) is 5.11 Å². The Morgan fingerprint density at radius 2 is 1.93 bits per heavy atom. The molecule has 7 nitrogen and oxygen atoms in total. The van der Waals surface area contributed by atoms with Crippen LogP contribution in [0.15, 0.2) is 29.3 Å². The van der Waals surface area contributed by atoms with E-state index >= 15 is 0 Å². The fourth-order valence-electron chi connectivity index (χ4n) is 3.16. The molecule has 1 amide bonds. The molecule has 1 aromatic carbocycles. The highest BCUT2D eigenvalue weighted by molar-refractivity contribution is 8.15. The molecule has 1 N–H and O–H groups in total. The predicted octanol–water partition coefficient (Wildman–Crippen LogP) is 1.68. The number of thioether (sulfide) groups is 1. The first-order valence-corrected chi connectivity index (χ1v) is 11.1. The predicted molar refractivity (Wildman–Crippen MR) is 99.7 cm³/mol. The zero-order valence-electron chi connectivity index (χ0n) is 14.4. The number of rotatable bonds is 6. The van der Waals surface area contributed by atoms with E-state index in [0.29, 0.717) is 11.7 Å². The van der Waals surface area contributed by atoms with Gasteiger partial charge in [-0.15, -0.1) is 0 Å². The summed E-state index contributed by atoms with van der Waals surface area (Å²) in [6.07, 6.45) is 0.121. The Bertz CT molecular complexity index is 870. The molecule has 0 aliphatic carbocycles. The van der Waals surface area contributed by atoms with E-state index in [1.807, 2.05) is 0 Å². The molecule has 3 rings (SSSR count). The number of fused-ring (bicyclic) bond motifs is 1. The molecule has 2 saturated heterocycles. The van der Waals surface area contributed by atoms with Crippen LogP contribution in [0.1, 0.15) is 24.8 Å². The third-order valence-corrected chi connectivity index (χ3v) is 7.69. The number of carbonyl (C=O) groups is 2. The van der Waals surface area contributed by atoms with Crippen LogP contribution in [0.2, 0.25) is 0 Å². The van der Waals surface area contributed by atoms with Crippen molar-refractivity contribution in [2.45, 2.75) is 37.1 Å². The van der Waals surface area contributed by atoms with Gasteiger partial charge in [0.15, 0.2) is 15.0 Å². The van der Waals surface area contributed by atoms with Gasteiger partial charge >= 0.3 is 5.97 Å². The van der Waals surface area contributed by atoms with Crippen molar-refractivity contribution in [3.63, 3.8) is 0 Å². The SMILES string of the molecule is O=C(O)CCCC(=O)N=C1S[C@@H]2CS(=O)(=O)C[C@H]2N1Cc1ccc(F)cc1. The number of halogens is 1. The van der Waals surface area contributed by atoms with Crippen LogP contribution < -0.4 is 0 Å². The standard InChI is InChI=1S/C17H19FN2O5S2/c18-12-6-4-11(5-7-12)8-20-13-9-27(24,25)10-14(13)26-17(20)19-15(21)2-1-3-16(22)23/h4-7,13-14H,1-3,8-10H2,(H,22,23)/t13-,14-/m1/s1. The molecule has 0 unspecified atom stereocenters. The van der Waals surface area contributed by atoms with E-state index in [1.165, 1.54) is 23.9 Å². The van der Waals surface area contributed by atoms with Crippen LogP contribution in [-0.4, -0.2) is 58.3 Å². The van der Waals surface area contributed by atoms with E-state index in [-0.39, 0.29) is 47.9 Å². The minimum absolute atomic E-state index is 0.00190. The summed E-state index contributed by atoms with van der Waals surface area (Å²) in [6.45, 7) is 0.325. The van der Waals surface area contributed by atoms with Gasteiger partial charge in [-0.1, -0.05) is 23.9 Å². The van der Waals surface area contributed by atoms with Gasteiger partial charge in [0.2, 0.25) is 5.91 Å². The van der Waals surface area contributed by atoms with Crippen LogP contribution in [-0.2, 0) is 26.0 Å². The van der Waals surface area contributed by atoms with Crippen molar-refractivity contribution in [1.29, 1.82) is 0 Å². The Hall–Kier alpha value is -1.94. The molecule has 1 aromatic rings. The third kappa shape index (κ3) is 5.07. The number of aliphatic imine (C=N–C) groups is 1. The number of sulfone groups is 1. The van der Waals surface area contributed by atoms with Gasteiger partial charge in [0.05, 0.1) is 17.5 Å². The topological polar surface area (TPSA) is 104 Å². The number of amides is 1. The Labute approximate surface area is 160 Å². The molecule has 27 heavy (non-hydrogen) atoms. The molecule has 0 aromatic heterocycles. The van der Waals surface area contributed by atoms with Crippen molar-refractivity contribution in [3.05, 3.63) is 35.6 Å². The van der Waals surface area contributed by atoms with Crippen LogP contribution in [0.25, 0.3) is 0 Å². The van der Waals surface area contributed by atoms with Crippen LogP contribution in [0, 0.1) is 5.82 Å². The molecular formula is C17H19FN2O5S2. The quantitative estimate of drug-likeness (QED) is 0.755. The largest absolute Gasteiger partial charge is 0.481 e. The molecule has 0 spiro atoms. The minimum Gasteiger partial charge on any atom is -0.481 e. The van der Waals surface area contributed by atoms with Gasteiger partial charge in [0, 0.05) is 24.6 Å². The normalized spacial score (nSPS) is 24.9. The average Bonchev–Trinajstić information content (AvgIpc) is 3.02. The lowest BCUT2D eigenvalue weighted by Crippen LogP contribution is -2.37. The third-order valence-electron chi connectivity index (χ3n) is 4.44. The van der Waals surface area contributed by atoms with Crippen LogP contribution in [0.5, 0.6) is 0 Å². The highest BCUT2D eigenvalue weighted by Gasteiger charge is 2.48. The van der Waals surface area contributed by atoms with Crippen molar-refractivity contribution >= 4 is 38.6 Å². The summed E-state index contributed by atoms with van der Waals surface area (Å²) < 4.78 is 37.1. The number of carbonyl (C=O) groups excluding carboxylic acids is 1. The van der Waals surface area contributed by atoms with Crippen LogP contribution >= 0.6 is 11.8 Å². The first kappa shape index (κ1) is 19.8. The highest BCUT2D eigenvalue weighted by Crippen LogP contribution is 2.39. The maximum absolute atomic E-state index is 13.1. The number of hydrogen-bond donors (Lipinski definition) is 1. The second-order valence-corrected chi connectivity index (χ2v) is 9.95. The molecule has 2 fully saturated rings. The van der Waals surface area contributed by atoms with Crippen molar-refractivity contribution in [2.24, 2.45) is 4.99 Å². The molecule has 10 heteroatoms. The van der Waals surface area contributed by atoms with Crippen molar-refractivity contribution in [1.82, 2.24) is 4.90 Å². The van der Waals surface area contributed by atoms with Crippen molar-refractivity contribution < 1.29 is 27.5 Å². The molecule has 2 heterocycles. The number of nitrogens with zero attached hydrogens (tertiary/aromatic N) is 2. The lowest BCUT2D eigenvalue weighted by molar-refractivity contribution is -0.137. The van der Waals surface area contributed by atoms with E-state index in [9.17, 15) is 22.4 Å². The molecule has 146 valence electrons.